The van der Waals surface area contributed by atoms with Gasteiger partial charge < -0.3 is 9.64 Å². The van der Waals surface area contributed by atoms with E-state index in [1.165, 1.54) is 63.8 Å². The first kappa shape index (κ1) is 19.7. The van der Waals surface area contributed by atoms with Gasteiger partial charge in [0.25, 0.3) is 0 Å². The minimum atomic E-state index is -0.390. The molecule has 1 atom stereocenters. The fourth-order valence-electron chi connectivity index (χ4n) is 4.77. The number of hydrogen-bond acceptors (Lipinski definition) is 5. The van der Waals surface area contributed by atoms with Gasteiger partial charge in [0.05, 0.1) is 0 Å². The zero-order chi connectivity index (χ0) is 19.2. The van der Waals surface area contributed by atoms with E-state index in [1.807, 2.05) is 17.1 Å². The molecule has 3 aliphatic heterocycles. The average Bonchev–Trinajstić information content (AvgIpc) is 3.40. The van der Waals surface area contributed by atoms with Crippen LogP contribution in [0.1, 0.15) is 56.6 Å². The van der Waals surface area contributed by atoms with Gasteiger partial charge in [0, 0.05) is 32.2 Å². The molecular weight excluding hydrogens is 352 g/mol. The number of rotatable bonds is 6. The number of carbonyl (C=O) groups is 1. The van der Waals surface area contributed by atoms with E-state index in [9.17, 15) is 4.79 Å². The Labute approximate surface area is 168 Å². The highest BCUT2D eigenvalue weighted by molar-refractivity contribution is 5.69. The van der Waals surface area contributed by atoms with Crippen molar-refractivity contribution in [2.45, 2.75) is 51.0 Å². The summed E-state index contributed by atoms with van der Waals surface area (Å²) in [6.07, 6.45) is 8.46. The van der Waals surface area contributed by atoms with Crippen LogP contribution in [-0.2, 0) is 0 Å². The van der Waals surface area contributed by atoms with Crippen molar-refractivity contribution < 1.29 is 9.53 Å². The molecule has 28 heavy (non-hydrogen) atoms. The highest BCUT2D eigenvalue weighted by atomic mass is 16.6. The third kappa shape index (κ3) is 5.25. The number of amides is 1. The van der Waals surface area contributed by atoms with Gasteiger partial charge >= 0.3 is 6.09 Å². The van der Waals surface area contributed by atoms with Gasteiger partial charge in [0.2, 0.25) is 0 Å². The lowest BCUT2D eigenvalue weighted by molar-refractivity contribution is 0.159. The van der Waals surface area contributed by atoms with Gasteiger partial charge in [-0.15, -0.1) is 0 Å². The Balaban J connectivity index is 1.27. The van der Waals surface area contributed by atoms with Gasteiger partial charge in [-0.05, 0) is 75.9 Å². The third-order valence-corrected chi connectivity index (χ3v) is 6.35. The van der Waals surface area contributed by atoms with Gasteiger partial charge in [-0.25, -0.2) is 9.80 Å². The highest BCUT2D eigenvalue weighted by Gasteiger charge is 2.26. The van der Waals surface area contributed by atoms with Crippen LogP contribution in [-0.4, -0.2) is 66.7 Å². The number of ether oxygens (including phenoxy) is 1. The van der Waals surface area contributed by atoms with Crippen LogP contribution in [0.3, 0.4) is 0 Å². The molecule has 1 aromatic carbocycles. The number of nitrogens with one attached hydrogen (secondary N) is 1. The maximum Gasteiger partial charge on any atom is 0.427 e. The van der Waals surface area contributed by atoms with Crippen LogP contribution in [0.5, 0.6) is 5.75 Å². The van der Waals surface area contributed by atoms with Gasteiger partial charge in [0.15, 0.2) is 0 Å². The Hall–Kier alpha value is -1.63. The second-order valence-corrected chi connectivity index (χ2v) is 8.36. The molecule has 3 fully saturated rings. The van der Waals surface area contributed by atoms with Crippen LogP contribution in [0.2, 0.25) is 0 Å². The summed E-state index contributed by atoms with van der Waals surface area (Å²) in [6, 6.07) is 8.61. The van der Waals surface area contributed by atoms with Crippen molar-refractivity contribution in [2.24, 2.45) is 0 Å². The van der Waals surface area contributed by atoms with Crippen LogP contribution < -0.4 is 10.2 Å². The molecule has 0 radical (unpaired) electrons. The minimum Gasteiger partial charge on any atom is -0.409 e. The standard InChI is InChI=1S/C22H34N4O2/c27-22(23-26-15-4-5-16-26)28-20-10-8-19(9-11-20)21-7-6-14-25(21)18-17-24-12-2-1-3-13-24/h8-11,21H,1-7,12-18H2,(H,23,27). The van der Waals surface area contributed by atoms with E-state index in [1.54, 1.807) is 0 Å². The van der Waals surface area contributed by atoms with E-state index < -0.39 is 6.09 Å². The van der Waals surface area contributed by atoms with Crippen LogP contribution in [0.15, 0.2) is 24.3 Å². The third-order valence-electron chi connectivity index (χ3n) is 6.35. The largest absolute Gasteiger partial charge is 0.427 e. The normalized spacial score (nSPS) is 24.5. The SMILES string of the molecule is O=C(NN1CCCC1)Oc1ccc(C2CCCN2CCN2CCCCC2)cc1. The Morgan fingerprint density at radius 1 is 0.893 bits per heavy atom. The van der Waals surface area contributed by atoms with Crippen molar-refractivity contribution in [3.8, 4) is 5.75 Å². The van der Waals surface area contributed by atoms with E-state index in [4.69, 9.17) is 4.74 Å². The number of hydrazine groups is 1. The molecule has 1 unspecified atom stereocenters. The summed E-state index contributed by atoms with van der Waals surface area (Å²) >= 11 is 0. The Morgan fingerprint density at radius 3 is 2.36 bits per heavy atom. The molecular formula is C22H34N4O2. The molecule has 3 saturated heterocycles. The van der Waals surface area contributed by atoms with E-state index in [0.717, 1.165) is 32.5 Å². The zero-order valence-corrected chi connectivity index (χ0v) is 16.9. The zero-order valence-electron chi connectivity index (χ0n) is 16.9. The fourth-order valence-corrected chi connectivity index (χ4v) is 4.77. The number of piperidine rings is 1. The van der Waals surface area contributed by atoms with Crippen LogP contribution in [0.4, 0.5) is 4.79 Å². The van der Waals surface area contributed by atoms with Crippen LogP contribution in [0, 0.1) is 0 Å². The summed E-state index contributed by atoms with van der Waals surface area (Å²) in [7, 11) is 0. The van der Waals surface area contributed by atoms with E-state index >= 15 is 0 Å². The second kappa shape index (κ2) is 9.72. The fraction of sp³-hybridized carbons (Fsp3) is 0.682. The molecule has 1 amide bonds. The van der Waals surface area contributed by atoms with E-state index in [2.05, 4.69) is 27.4 Å². The predicted octanol–water partition coefficient (Wildman–Crippen LogP) is 3.41. The lowest BCUT2D eigenvalue weighted by atomic mass is 10.0. The predicted molar refractivity (Wildman–Crippen MR) is 110 cm³/mol. The molecule has 154 valence electrons. The number of nitrogens with zero attached hydrogens (tertiary/aromatic N) is 3. The molecule has 0 aromatic heterocycles. The quantitative estimate of drug-likeness (QED) is 0.812. The topological polar surface area (TPSA) is 48.1 Å². The van der Waals surface area contributed by atoms with Crippen LogP contribution >= 0.6 is 0 Å². The van der Waals surface area contributed by atoms with E-state index in [-0.39, 0.29) is 0 Å². The highest BCUT2D eigenvalue weighted by Crippen LogP contribution is 2.32. The molecule has 0 bridgehead atoms. The first-order valence-electron chi connectivity index (χ1n) is 11.1. The van der Waals surface area contributed by atoms with Gasteiger partial charge in [-0.1, -0.05) is 18.6 Å². The van der Waals surface area contributed by atoms with Crippen molar-refractivity contribution in [3.63, 3.8) is 0 Å². The molecule has 3 heterocycles. The molecule has 0 saturated carbocycles. The molecule has 1 N–H and O–H groups in total. The molecule has 6 heteroatoms. The lowest BCUT2D eigenvalue weighted by Crippen LogP contribution is -2.41. The van der Waals surface area contributed by atoms with E-state index in [0.29, 0.717) is 11.8 Å². The lowest BCUT2D eigenvalue weighted by Gasteiger charge is -2.31. The summed E-state index contributed by atoms with van der Waals surface area (Å²) in [5, 5.41) is 1.93. The maximum atomic E-state index is 12.0. The van der Waals surface area contributed by atoms with Gasteiger partial charge in [-0.2, -0.15) is 0 Å². The molecule has 0 spiro atoms. The number of likely N-dealkylation sites (tertiary alicyclic amines) is 2. The average molecular weight is 387 g/mol. The van der Waals surface area contributed by atoms with Gasteiger partial charge in [-0.3, -0.25) is 10.3 Å². The van der Waals surface area contributed by atoms with Crippen molar-refractivity contribution in [1.82, 2.24) is 20.2 Å². The Morgan fingerprint density at radius 2 is 1.61 bits per heavy atom. The summed E-state index contributed by atoms with van der Waals surface area (Å²) < 4.78 is 5.44. The molecule has 3 aliphatic rings. The first-order valence-corrected chi connectivity index (χ1v) is 11.1. The van der Waals surface area contributed by atoms with Crippen molar-refractivity contribution in [1.29, 1.82) is 0 Å². The summed E-state index contributed by atoms with van der Waals surface area (Å²) in [5.74, 6) is 0.610. The molecule has 1 aromatic rings. The van der Waals surface area contributed by atoms with Crippen molar-refractivity contribution in [3.05, 3.63) is 29.8 Å². The van der Waals surface area contributed by atoms with Crippen molar-refractivity contribution >= 4 is 6.09 Å². The Bertz CT molecular complexity index is 624. The molecule has 6 nitrogen and oxygen atoms in total. The summed E-state index contributed by atoms with van der Waals surface area (Å²) in [4.78, 5) is 17.3. The molecule has 0 aliphatic carbocycles. The maximum absolute atomic E-state index is 12.0. The second-order valence-electron chi connectivity index (χ2n) is 8.36. The number of benzene rings is 1. The monoisotopic (exact) mass is 386 g/mol. The molecule has 4 rings (SSSR count). The van der Waals surface area contributed by atoms with Gasteiger partial charge in [0.1, 0.15) is 5.75 Å². The summed E-state index contributed by atoms with van der Waals surface area (Å²) in [6.45, 7) is 7.88. The summed E-state index contributed by atoms with van der Waals surface area (Å²) in [5.41, 5.74) is 4.15. The number of hydrogen-bond donors (Lipinski definition) is 1. The van der Waals surface area contributed by atoms with Crippen LogP contribution in [0.25, 0.3) is 0 Å². The minimum absolute atomic E-state index is 0.390. The van der Waals surface area contributed by atoms with Crippen molar-refractivity contribution in [2.75, 3.05) is 45.8 Å². The smallest absolute Gasteiger partial charge is 0.409 e. The number of carbonyl (C=O) groups excluding carboxylic acids is 1. The Kier molecular flexibility index (Phi) is 6.83. The first-order chi connectivity index (χ1) is 13.8.